The zero-order valence-corrected chi connectivity index (χ0v) is 13.1. The molecule has 1 aromatic carbocycles. The van der Waals surface area contributed by atoms with E-state index in [0.717, 1.165) is 23.1 Å². The van der Waals surface area contributed by atoms with Gasteiger partial charge in [-0.2, -0.15) is 0 Å². The summed E-state index contributed by atoms with van der Waals surface area (Å²) in [6, 6.07) is 3.79. The normalized spacial score (nSPS) is 21.9. The van der Waals surface area contributed by atoms with Crippen LogP contribution in [-0.2, 0) is 9.59 Å². The van der Waals surface area contributed by atoms with Crippen molar-refractivity contribution in [1.29, 1.82) is 0 Å². The van der Waals surface area contributed by atoms with Gasteiger partial charge in [-0.25, -0.2) is 0 Å². The van der Waals surface area contributed by atoms with Crippen molar-refractivity contribution in [2.45, 2.75) is 46.6 Å². The second-order valence-electron chi connectivity index (χ2n) is 5.97. The molecule has 0 aromatic heterocycles. The van der Waals surface area contributed by atoms with Gasteiger partial charge < -0.3 is 10.0 Å². The highest BCUT2D eigenvalue weighted by molar-refractivity contribution is 5.87. The van der Waals surface area contributed by atoms with Crippen molar-refractivity contribution in [2.75, 3.05) is 6.54 Å². The number of aryl methyl sites for hydroxylation is 3. The molecule has 114 valence electrons. The lowest BCUT2D eigenvalue weighted by Crippen LogP contribution is -2.31. The van der Waals surface area contributed by atoms with Gasteiger partial charge >= 0.3 is 5.97 Å². The summed E-state index contributed by atoms with van der Waals surface area (Å²) in [7, 11) is 0. The average molecular weight is 289 g/mol. The molecule has 4 nitrogen and oxygen atoms in total. The van der Waals surface area contributed by atoms with Crippen molar-refractivity contribution in [1.82, 2.24) is 4.90 Å². The molecule has 1 heterocycles. The monoisotopic (exact) mass is 289 g/mol. The van der Waals surface area contributed by atoms with Crippen LogP contribution in [0.3, 0.4) is 0 Å². The molecule has 4 heteroatoms. The summed E-state index contributed by atoms with van der Waals surface area (Å²) in [5.41, 5.74) is 4.36. The van der Waals surface area contributed by atoms with E-state index in [9.17, 15) is 14.7 Å². The van der Waals surface area contributed by atoms with Gasteiger partial charge in [0.2, 0.25) is 5.91 Å². The third kappa shape index (κ3) is 2.80. The zero-order chi connectivity index (χ0) is 15.7. The average Bonchev–Trinajstić information content (AvgIpc) is 2.72. The fourth-order valence-electron chi connectivity index (χ4n) is 3.20. The van der Waals surface area contributed by atoms with Crippen LogP contribution in [0.2, 0.25) is 0 Å². The summed E-state index contributed by atoms with van der Waals surface area (Å²) in [6.45, 7) is 8.68. The fourth-order valence-corrected chi connectivity index (χ4v) is 3.20. The molecule has 0 bridgehead atoms. The molecule has 21 heavy (non-hydrogen) atoms. The third-order valence-corrected chi connectivity index (χ3v) is 4.41. The van der Waals surface area contributed by atoms with E-state index in [2.05, 4.69) is 6.07 Å². The molecule has 1 amide bonds. The lowest BCUT2D eigenvalue weighted by atomic mass is 9.88. The summed E-state index contributed by atoms with van der Waals surface area (Å²) in [4.78, 5) is 25.5. The van der Waals surface area contributed by atoms with E-state index in [4.69, 9.17) is 0 Å². The van der Waals surface area contributed by atoms with Gasteiger partial charge in [-0.05, 0) is 49.4 Å². The number of rotatable bonds is 4. The van der Waals surface area contributed by atoms with Crippen molar-refractivity contribution in [3.8, 4) is 0 Å². The standard InChI is InChI=1S/C17H23NO3/c1-5-6-18-15(19)9-14(17(20)21)16(18)13-8-11(3)10(2)7-12(13)4/h7-8,14,16H,5-6,9H2,1-4H3,(H,20,21). The molecule has 0 aliphatic carbocycles. The van der Waals surface area contributed by atoms with Gasteiger partial charge in [0.05, 0.1) is 12.0 Å². The first-order valence-electron chi connectivity index (χ1n) is 7.46. The molecule has 1 aliphatic rings. The largest absolute Gasteiger partial charge is 0.481 e. The molecular formula is C17H23NO3. The Balaban J connectivity index is 2.52. The molecule has 2 atom stereocenters. The second-order valence-corrected chi connectivity index (χ2v) is 5.97. The fraction of sp³-hybridized carbons (Fsp3) is 0.529. The van der Waals surface area contributed by atoms with Gasteiger partial charge in [-0.15, -0.1) is 0 Å². The van der Waals surface area contributed by atoms with Crippen LogP contribution in [0.4, 0.5) is 0 Å². The van der Waals surface area contributed by atoms with E-state index in [0.29, 0.717) is 6.54 Å². The van der Waals surface area contributed by atoms with Gasteiger partial charge in [0, 0.05) is 13.0 Å². The number of nitrogens with zero attached hydrogens (tertiary/aromatic N) is 1. The Morgan fingerprint density at radius 3 is 2.43 bits per heavy atom. The smallest absolute Gasteiger partial charge is 0.309 e. The molecule has 2 rings (SSSR count). The maximum atomic E-state index is 12.2. The number of likely N-dealkylation sites (tertiary alicyclic amines) is 1. The first-order chi connectivity index (χ1) is 9.86. The van der Waals surface area contributed by atoms with Gasteiger partial charge in [0.25, 0.3) is 0 Å². The minimum atomic E-state index is -0.885. The molecule has 0 saturated carbocycles. The minimum absolute atomic E-state index is 0.0492. The highest BCUT2D eigenvalue weighted by Gasteiger charge is 2.44. The van der Waals surface area contributed by atoms with E-state index in [-0.39, 0.29) is 18.4 Å². The number of carboxylic acid groups (broad SMARTS) is 1. The molecule has 1 N–H and O–H groups in total. The number of hydrogen-bond acceptors (Lipinski definition) is 2. The Bertz CT molecular complexity index is 580. The van der Waals surface area contributed by atoms with Gasteiger partial charge in [-0.1, -0.05) is 19.1 Å². The highest BCUT2D eigenvalue weighted by atomic mass is 16.4. The Morgan fingerprint density at radius 2 is 1.86 bits per heavy atom. The van der Waals surface area contributed by atoms with Crippen LogP contribution >= 0.6 is 0 Å². The van der Waals surface area contributed by atoms with Crippen molar-refractivity contribution in [3.63, 3.8) is 0 Å². The van der Waals surface area contributed by atoms with E-state index in [1.165, 1.54) is 5.56 Å². The number of aliphatic carboxylic acids is 1. The Labute approximate surface area is 125 Å². The maximum Gasteiger partial charge on any atom is 0.309 e. The lowest BCUT2D eigenvalue weighted by Gasteiger charge is -2.29. The van der Waals surface area contributed by atoms with Crippen LogP contribution in [0, 0.1) is 26.7 Å². The number of hydrogen-bond donors (Lipinski definition) is 1. The summed E-state index contributed by atoms with van der Waals surface area (Å²) < 4.78 is 0. The second kappa shape index (κ2) is 5.88. The first kappa shape index (κ1) is 15.5. The number of benzene rings is 1. The predicted molar refractivity (Wildman–Crippen MR) is 81.1 cm³/mol. The van der Waals surface area contributed by atoms with E-state index in [1.807, 2.05) is 33.8 Å². The molecule has 1 fully saturated rings. The summed E-state index contributed by atoms with van der Waals surface area (Å²) in [5, 5.41) is 9.48. The van der Waals surface area contributed by atoms with Crippen molar-refractivity contribution >= 4 is 11.9 Å². The SMILES string of the molecule is CCCN1C(=O)CC(C(=O)O)C1c1cc(C)c(C)cc1C. The van der Waals surface area contributed by atoms with Gasteiger partial charge in [-0.3, -0.25) is 9.59 Å². The lowest BCUT2D eigenvalue weighted by molar-refractivity contribution is -0.142. The Morgan fingerprint density at radius 1 is 1.24 bits per heavy atom. The number of carbonyl (C=O) groups is 2. The van der Waals surface area contributed by atoms with E-state index in [1.54, 1.807) is 4.90 Å². The zero-order valence-electron chi connectivity index (χ0n) is 13.1. The van der Waals surface area contributed by atoms with Crippen LogP contribution in [0.25, 0.3) is 0 Å². The van der Waals surface area contributed by atoms with Crippen LogP contribution in [-0.4, -0.2) is 28.4 Å². The molecule has 0 spiro atoms. The third-order valence-electron chi connectivity index (χ3n) is 4.41. The minimum Gasteiger partial charge on any atom is -0.481 e. The molecular weight excluding hydrogens is 266 g/mol. The van der Waals surface area contributed by atoms with Crippen LogP contribution in [0.1, 0.15) is 48.1 Å². The number of carbonyl (C=O) groups excluding carboxylic acids is 1. The maximum absolute atomic E-state index is 12.2. The molecule has 0 radical (unpaired) electrons. The van der Waals surface area contributed by atoms with E-state index >= 15 is 0 Å². The predicted octanol–water partition coefficient (Wildman–Crippen LogP) is 3.00. The Hall–Kier alpha value is -1.84. The molecule has 1 aliphatic heterocycles. The molecule has 1 aromatic rings. The Kier molecular flexibility index (Phi) is 4.35. The van der Waals surface area contributed by atoms with Crippen LogP contribution in [0.15, 0.2) is 12.1 Å². The van der Waals surface area contributed by atoms with Crippen molar-refractivity contribution in [2.24, 2.45) is 5.92 Å². The van der Waals surface area contributed by atoms with E-state index < -0.39 is 11.9 Å². The molecule has 2 unspecified atom stereocenters. The molecule has 1 saturated heterocycles. The highest BCUT2D eigenvalue weighted by Crippen LogP contribution is 2.40. The summed E-state index contributed by atoms with van der Waals surface area (Å²) in [5.74, 6) is -1.58. The van der Waals surface area contributed by atoms with Crippen LogP contribution < -0.4 is 0 Å². The topological polar surface area (TPSA) is 57.6 Å². The van der Waals surface area contributed by atoms with Crippen molar-refractivity contribution in [3.05, 3.63) is 34.4 Å². The summed E-state index contributed by atoms with van der Waals surface area (Å²) in [6.07, 6.45) is 0.935. The van der Waals surface area contributed by atoms with Gasteiger partial charge in [0.15, 0.2) is 0 Å². The number of carboxylic acids is 1. The van der Waals surface area contributed by atoms with Crippen LogP contribution in [0.5, 0.6) is 0 Å². The van der Waals surface area contributed by atoms with Crippen molar-refractivity contribution < 1.29 is 14.7 Å². The number of amides is 1. The quantitative estimate of drug-likeness (QED) is 0.927. The van der Waals surface area contributed by atoms with Gasteiger partial charge in [0.1, 0.15) is 0 Å². The summed E-state index contributed by atoms with van der Waals surface area (Å²) >= 11 is 0. The first-order valence-corrected chi connectivity index (χ1v) is 7.46.